The van der Waals surface area contributed by atoms with E-state index in [2.05, 4.69) is 43.6 Å². The first-order valence-electron chi connectivity index (χ1n) is 9.86. The fourth-order valence-electron chi connectivity index (χ4n) is 4.09. The van der Waals surface area contributed by atoms with Crippen LogP contribution in [0.25, 0.3) is 0 Å². The Bertz CT molecular complexity index is 845. The van der Waals surface area contributed by atoms with Crippen molar-refractivity contribution in [2.75, 3.05) is 5.32 Å². The van der Waals surface area contributed by atoms with Gasteiger partial charge in [-0.2, -0.15) is 0 Å². The zero-order valence-electron chi connectivity index (χ0n) is 17.4. The SMILES string of the molecule is CC1(C)CC(NC(=O)C(=O)Nc2ccc(Oc3ccccc3)cc2)CC(C)(C)N1. The van der Waals surface area contributed by atoms with Gasteiger partial charge in [0.25, 0.3) is 0 Å². The minimum atomic E-state index is -0.670. The Morgan fingerprint density at radius 1 is 0.862 bits per heavy atom. The van der Waals surface area contributed by atoms with Crippen LogP contribution < -0.4 is 20.7 Å². The third kappa shape index (κ3) is 6.06. The summed E-state index contributed by atoms with van der Waals surface area (Å²) in [5.41, 5.74) is 0.326. The molecule has 0 atom stereocenters. The van der Waals surface area contributed by atoms with Crippen molar-refractivity contribution in [1.82, 2.24) is 10.6 Å². The van der Waals surface area contributed by atoms with Crippen molar-refractivity contribution in [2.45, 2.75) is 57.7 Å². The molecule has 0 aromatic heterocycles. The average Bonchev–Trinajstić information content (AvgIpc) is 2.61. The Hall–Kier alpha value is -2.86. The minimum Gasteiger partial charge on any atom is -0.457 e. The van der Waals surface area contributed by atoms with Gasteiger partial charge in [-0.15, -0.1) is 0 Å². The number of carbonyl (C=O) groups excluding carboxylic acids is 2. The summed E-state index contributed by atoms with van der Waals surface area (Å²) in [7, 11) is 0. The number of piperidine rings is 1. The monoisotopic (exact) mass is 395 g/mol. The van der Waals surface area contributed by atoms with Crippen molar-refractivity contribution < 1.29 is 14.3 Å². The van der Waals surface area contributed by atoms with E-state index in [4.69, 9.17) is 4.74 Å². The molecule has 0 bridgehead atoms. The van der Waals surface area contributed by atoms with Crippen LogP contribution >= 0.6 is 0 Å². The molecular weight excluding hydrogens is 366 g/mol. The second-order valence-corrected chi connectivity index (χ2v) is 8.87. The maximum atomic E-state index is 12.4. The van der Waals surface area contributed by atoms with Gasteiger partial charge in [0.15, 0.2) is 0 Å². The van der Waals surface area contributed by atoms with Crippen LogP contribution in [0.2, 0.25) is 0 Å². The number of ether oxygens (including phenoxy) is 1. The minimum absolute atomic E-state index is 0.0545. The predicted molar refractivity (Wildman–Crippen MR) is 114 cm³/mol. The smallest absolute Gasteiger partial charge is 0.313 e. The molecule has 1 aliphatic rings. The van der Waals surface area contributed by atoms with Gasteiger partial charge >= 0.3 is 11.8 Å². The van der Waals surface area contributed by atoms with Crippen LogP contribution in [0.5, 0.6) is 11.5 Å². The average molecular weight is 396 g/mol. The lowest BCUT2D eigenvalue weighted by Gasteiger charge is -2.46. The molecule has 0 spiro atoms. The normalized spacial score (nSPS) is 17.9. The lowest BCUT2D eigenvalue weighted by molar-refractivity contribution is -0.137. The van der Waals surface area contributed by atoms with E-state index in [1.165, 1.54) is 0 Å². The molecule has 1 saturated heterocycles. The Labute approximate surface area is 172 Å². The van der Waals surface area contributed by atoms with E-state index in [1.807, 2.05) is 30.3 Å². The summed E-state index contributed by atoms with van der Waals surface area (Å²) in [6.45, 7) is 8.41. The van der Waals surface area contributed by atoms with Crippen LogP contribution in [0.1, 0.15) is 40.5 Å². The number of anilines is 1. The highest BCUT2D eigenvalue weighted by molar-refractivity contribution is 6.39. The summed E-state index contributed by atoms with van der Waals surface area (Å²) in [6, 6.07) is 16.3. The zero-order chi connectivity index (χ0) is 21.1. The first-order valence-corrected chi connectivity index (χ1v) is 9.86. The molecule has 2 amide bonds. The second-order valence-electron chi connectivity index (χ2n) is 8.87. The fraction of sp³-hybridized carbons (Fsp3) is 0.391. The molecule has 0 aliphatic carbocycles. The van der Waals surface area contributed by atoms with Gasteiger partial charge in [0, 0.05) is 22.8 Å². The van der Waals surface area contributed by atoms with E-state index in [0.717, 1.165) is 18.6 Å². The number of hydrogen-bond acceptors (Lipinski definition) is 4. The van der Waals surface area contributed by atoms with Crippen molar-refractivity contribution >= 4 is 17.5 Å². The molecule has 3 rings (SSSR count). The molecule has 0 saturated carbocycles. The Kier molecular flexibility index (Phi) is 5.94. The molecule has 154 valence electrons. The van der Waals surface area contributed by atoms with E-state index >= 15 is 0 Å². The quantitative estimate of drug-likeness (QED) is 0.687. The number of hydrogen-bond donors (Lipinski definition) is 3. The Morgan fingerprint density at radius 2 is 1.41 bits per heavy atom. The van der Waals surface area contributed by atoms with E-state index < -0.39 is 11.8 Å². The molecule has 2 aromatic rings. The highest BCUT2D eigenvalue weighted by Gasteiger charge is 2.38. The molecule has 0 radical (unpaired) electrons. The van der Waals surface area contributed by atoms with Crippen molar-refractivity contribution in [1.29, 1.82) is 0 Å². The lowest BCUT2D eigenvalue weighted by Crippen LogP contribution is -2.62. The summed E-state index contributed by atoms with van der Waals surface area (Å²) in [5, 5.41) is 9.08. The van der Waals surface area contributed by atoms with Gasteiger partial charge in [-0.25, -0.2) is 0 Å². The van der Waals surface area contributed by atoms with Crippen LogP contribution in [-0.2, 0) is 9.59 Å². The van der Waals surface area contributed by atoms with Crippen LogP contribution in [0.4, 0.5) is 5.69 Å². The van der Waals surface area contributed by atoms with Gasteiger partial charge in [-0.3, -0.25) is 9.59 Å². The largest absolute Gasteiger partial charge is 0.457 e. The summed E-state index contributed by atoms with van der Waals surface area (Å²) < 4.78 is 5.73. The molecular formula is C23H29N3O3. The van der Waals surface area contributed by atoms with Crippen molar-refractivity contribution in [2.24, 2.45) is 0 Å². The molecule has 29 heavy (non-hydrogen) atoms. The standard InChI is InChI=1S/C23H29N3O3/c1-22(2)14-17(15-23(3,4)26-22)25-21(28)20(27)24-16-10-12-19(13-11-16)29-18-8-6-5-7-9-18/h5-13,17,26H,14-15H2,1-4H3,(H,24,27)(H,25,28). The van der Waals surface area contributed by atoms with Gasteiger partial charge in [-0.1, -0.05) is 18.2 Å². The molecule has 2 aromatic carbocycles. The maximum Gasteiger partial charge on any atom is 0.313 e. The second kappa shape index (κ2) is 8.25. The number of para-hydroxylation sites is 1. The molecule has 1 fully saturated rings. The van der Waals surface area contributed by atoms with Crippen LogP contribution in [-0.4, -0.2) is 28.9 Å². The van der Waals surface area contributed by atoms with E-state index in [1.54, 1.807) is 24.3 Å². The molecule has 6 nitrogen and oxygen atoms in total. The third-order valence-electron chi connectivity index (χ3n) is 4.82. The molecule has 1 aliphatic heterocycles. The summed E-state index contributed by atoms with van der Waals surface area (Å²) in [6.07, 6.45) is 1.53. The van der Waals surface area contributed by atoms with Crippen molar-refractivity contribution in [3.8, 4) is 11.5 Å². The van der Waals surface area contributed by atoms with Crippen molar-refractivity contribution in [3.05, 3.63) is 54.6 Å². The van der Waals surface area contributed by atoms with Crippen LogP contribution in [0.3, 0.4) is 0 Å². The first-order chi connectivity index (χ1) is 13.6. The highest BCUT2D eigenvalue weighted by Crippen LogP contribution is 2.28. The van der Waals surface area contributed by atoms with Gasteiger partial charge in [-0.05, 0) is 76.9 Å². The first kappa shape index (κ1) is 20.9. The predicted octanol–water partition coefficient (Wildman–Crippen LogP) is 3.84. The Morgan fingerprint density at radius 3 is 2.00 bits per heavy atom. The zero-order valence-corrected chi connectivity index (χ0v) is 17.4. The fourth-order valence-corrected chi connectivity index (χ4v) is 4.09. The van der Waals surface area contributed by atoms with Gasteiger partial charge < -0.3 is 20.7 Å². The summed E-state index contributed by atoms with van der Waals surface area (Å²) >= 11 is 0. The van der Waals surface area contributed by atoms with E-state index in [9.17, 15) is 9.59 Å². The van der Waals surface area contributed by atoms with Gasteiger partial charge in [0.1, 0.15) is 11.5 Å². The molecule has 3 N–H and O–H groups in total. The highest BCUT2D eigenvalue weighted by atomic mass is 16.5. The maximum absolute atomic E-state index is 12.4. The lowest BCUT2D eigenvalue weighted by atomic mass is 9.79. The summed E-state index contributed by atoms with van der Waals surface area (Å²) in [4.78, 5) is 24.7. The van der Waals surface area contributed by atoms with Gasteiger partial charge in [0.2, 0.25) is 0 Å². The van der Waals surface area contributed by atoms with Gasteiger partial charge in [0.05, 0.1) is 0 Å². The number of nitrogens with one attached hydrogen (secondary N) is 3. The van der Waals surface area contributed by atoms with E-state index in [-0.39, 0.29) is 17.1 Å². The molecule has 0 unspecified atom stereocenters. The molecule has 1 heterocycles. The van der Waals surface area contributed by atoms with E-state index in [0.29, 0.717) is 11.4 Å². The van der Waals surface area contributed by atoms with Crippen LogP contribution in [0.15, 0.2) is 54.6 Å². The number of rotatable bonds is 4. The summed E-state index contributed by atoms with van der Waals surface area (Å²) in [5.74, 6) is 0.0956. The van der Waals surface area contributed by atoms with Crippen LogP contribution in [0, 0.1) is 0 Å². The third-order valence-corrected chi connectivity index (χ3v) is 4.82. The topological polar surface area (TPSA) is 79.5 Å². The number of benzene rings is 2. The number of carbonyl (C=O) groups is 2. The van der Waals surface area contributed by atoms with Crippen molar-refractivity contribution in [3.63, 3.8) is 0 Å². The number of amides is 2. The Balaban J connectivity index is 1.55. The molecule has 6 heteroatoms.